The monoisotopic (exact) mass is 340 g/mol. The molecule has 1 heterocycles. The van der Waals surface area contributed by atoms with Crippen molar-refractivity contribution in [2.24, 2.45) is 11.8 Å². The van der Waals surface area contributed by atoms with Crippen molar-refractivity contribution in [3.05, 3.63) is 42.4 Å². The summed E-state index contributed by atoms with van der Waals surface area (Å²) < 4.78 is 5.79. The average Bonchev–Trinajstić information content (AvgIpc) is 3.09. The number of hydrogen-bond acceptors (Lipinski definition) is 3. The molecule has 1 aromatic heterocycles. The number of aryl methyl sites for hydroxylation is 1. The maximum atomic E-state index is 12.2. The van der Waals surface area contributed by atoms with Crippen LogP contribution in [0.2, 0.25) is 0 Å². The minimum absolute atomic E-state index is 0.154. The fourth-order valence-corrected chi connectivity index (χ4v) is 3.63. The summed E-state index contributed by atoms with van der Waals surface area (Å²) in [5.74, 6) is 2.90. The number of oxazole rings is 1. The van der Waals surface area contributed by atoms with Gasteiger partial charge in [0, 0.05) is 24.4 Å². The number of carbonyl (C=O) groups excluding carboxylic acids is 1. The third-order valence-electron chi connectivity index (χ3n) is 5.46. The van der Waals surface area contributed by atoms with Gasteiger partial charge in [-0.05, 0) is 24.7 Å². The molecule has 0 aliphatic heterocycles. The molecule has 1 fully saturated rings. The van der Waals surface area contributed by atoms with Crippen molar-refractivity contribution in [1.29, 1.82) is 0 Å². The summed E-state index contributed by atoms with van der Waals surface area (Å²) in [5.41, 5.74) is 1.03. The molecule has 25 heavy (non-hydrogen) atoms. The molecule has 1 saturated carbocycles. The van der Waals surface area contributed by atoms with E-state index in [0.29, 0.717) is 36.6 Å². The van der Waals surface area contributed by atoms with Crippen molar-refractivity contribution in [2.75, 3.05) is 0 Å². The van der Waals surface area contributed by atoms with Gasteiger partial charge < -0.3 is 9.73 Å². The van der Waals surface area contributed by atoms with Gasteiger partial charge in [-0.1, -0.05) is 57.0 Å². The molecule has 0 spiro atoms. The number of hydrogen-bond donors (Lipinski definition) is 1. The first-order chi connectivity index (χ1) is 12.1. The van der Waals surface area contributed by atoms with E-state index in [0.717, 1.165) is 24.2 Å². The zero-order valence-corrected chi connectivity index (χ0v) is 15.2. The summed E-state index contributed by atoms with van der Waals surface area (Å²) in [4.78, 5) is 16.5. The summed E-state index contributed by atoms with van der Waals surface area (Å²) >= 11 is 0. The van der Waals surface area contributed by atoms with Crippen LogP contribution in [0.3, 0.4) is 0 Å². The number of nitrogens with one attached hydrogen (secondary N) is 1. The molecule has 1 N–H and O–H groups in total. The molecule has 134 valence electrons. The van der Waals surface area contributed by atoms with E-state index in [1.54, 1.807) is 6.20 Å². The second-order valence-corrected chi connectivity index (χ2v) is 7.28. The molecule has 3 atom stereocenters. The van der Waals surface area contributed by atoms with Crippen LogP contribution in [-0.4, -0.2) is 16.9 Å². The number of rotatable bonds is 6. The molecule has 3 rings (SSSR count). The van der Waals surface area contributed by atoms with E-state index in [1.165, 1.54) is 12.8 Å². The normalized spacial score (nSPS) is 23.4. The molecule has 0 saturated heterocycles. The van der Waals surface area contributed by atoms with Crippen LogP contribution in [0, 0.1) is 11.8 Å². The van der Waals surface area contributed by atoms with Gasteiger partial charge in [-0.2, -0.15) is 0 Å². The predicted molar refractivity (Wildman–Crippen MR) is 99.0 cm³/mol. The van der Waals surface area contributed by atoms with Crippen LogP contribution in [0.25, 0.3) is 11.3 Å². The third-order valence-corrected chi connectivity index (χ3v) is 5.46. The van der Waals surface area contributed by atoms with E-state index in [2.05, 4.69) is 24.1 Å². The molecular weight excluding hydrogens is 312 g/mol. The van der Waals surface area contributed by atoms with Crippen LogP contribution in [0.4, 0.5) is 0 Å². The van der Waals surface area contributed by atoms with Crippen molar-refractivity contribution in [3.8, 4) is 11.3 Å². The van der Waals surface area contributed by atoms with Gasteiger partial charge in [-0.3, -0.25) is 4.79 Å². The van der Waals surface area contributed by atoms with Crippen molar-refractivity contribution in [3.63, 3.8) is 0 Å². The molecule has 4 heteroatoms. The van der Waals surface area contributed by atoms with E-state index in [9.17, 15) is 4.79 Å². The first kappa shape index (κ1) is 17.7. The zero-order valence-electron chi connectivity index (χ0n) is 15.2. The lowest BCUT2D eigenvalue weighted by atomic mass is 9.78. The molecule has 1 aliphatic rings. The lowest BCUT2D eigenvalue weighted by molar-refractivity contribution is -0.122. The lowest BCUT2D eigenvalue weighted by Crippen LogP contribution is -2.43. The Morgan fingerprint density at radius 3 is 2.84 bits per heavy atom. The highest BCUT2D eigenvalue weighted by molar-refractivity contribution is 5.76. The van der Waals surface area contributed by atoms with Crippen LogP contribution >= 0.6 is 0 Å². The molecule has 0 unspecified atom stereocenters. The van der Waals surface area contributed by atoms with E-state index < -0.39 is 0 Å². The topological polar surface area (TPSA) is 55.1 Å². The van der Waals surface area contributed by atoms with Gasteiger partial charge in [0.05, 0.1) is 6.20 Å². The standard InChI is InChI=1S/C21H28N2O2/c1-15-8-6-11-18(16(15)2)23-20(24)12-7-13-21-22-14-19(25-21)17-9-4-3-5-10-17/h3-5,9-10,14-16,18H,6-8,11-13H2,1-2H3,(H,23,24)/t15-,16+,18+/m1/s1. The minimum atomic E-state index is 0.154. The number of amides is 1. The Labute approximate surface area is 150 Å². The van der Waals surface area contributed by atoms with Crippen molar-refractivity contribution >= 4 is 5.91 Å². The average molecular weight is 340 g/mol. The van der Waals surface area contributed by atoms with Gasteiger partial charge in [0.25, 0.3) is 0 Å². The second kappa shape index (κ2) is 8.32. The van der Waals surface area contributed by atoms with Gasteiger partial charge in [0.15, 0.2) is 11.7 Å². The fraction of sp³-hybridized carbons (Fsp3) is 0.524. The zero-order chi connectivity index (χ0) is 17.6. The predicted octanol–water partition coefficient (Wildman–Crippen LogP) is 4.61. The highest BCUT2D eigenvalue weighted by Gasteiger charge is 2.27. The Morgan fingerprint density at radius 1 is 1.24 bits per heavy atom. The van der Waals surface area contributed by atoms with Crippen molar-refractivity contribution in [1.82, 2.24) is 10.3 Å². The summed E-state index contributed by atoms with van der Waals surface area (Å²) in [5, 5.41) is 3.23. The second-order valence-electron chi connectivity index (χ2n) is 7.28. The highest BCUT2D eigenvalue weighted by atomic mass is 16.4. The smallest absolute Gasteiger partial charge is 0.220 e. The molecular formula is C21H28N2O2. The van der Waals surface area contributed by atoms with Crippen LogP contribution < -0.4 is 5.32 Å². The molecule has 2 aromatic rings. The summed E-state index contributed by atoms with van der Waals surface area (Å²) in [6.07, 6.45) is 7.35. The van der Waals surface area contributed by atoms with E-state index in [-0.39, 0.29) is 5.91 Å². The summed E-state index contributed by atoms with van der Waals surface area (Å²) in [7, 11) is 0. The quantitative estimate of drug-likeness (QED) is 0.836. The van der Waals surface area contributed by atoms with Gasteiger partial charge in [0.2, 0.25) is 5.91 Å². The first-order valence-corrected chi connectivity index (χ1v) is 9.43. The number of benzene rings is 1. The van der Waals surface area contributed by atoms with Gasteiger partial charge in [0.1, 0.15) is 0 Å². The Kier molecular flexibility index (Phi) is 5.90. The molecule has 1 aromatic carbocycles. The van der Waals surface area contributed by atoms with Gasteiger partial charge >= 0.3 is 0 Å². The number of nitrogens with zero attached hydrogens (tertiary/aromatic N) is 1. The summed E-state index contributed by atoms with van der Waals surface area (Å²) in [6, 6.07) is 10.3. The summed E-state index contributed by atoms with van der Waals surface area (Å²) in [6.45, 7) is 4.54. The maximum Gasteiger partial charge on any atom is 0.220 e. The SMILES string of the molecule is C[C@H]1[C@H](C)CCC[C@@H]1NC(=O)CCCc1ncc(-c2ccccc2)o1. The van der Waals surface area contributed by atoms with Crippen molar-refractivity contribution < 1.29 is 9.21 Å². The third kappa shape index (κ3) is 4.71. The van der Waals surface area contributed by atoms with Gasteiger partial charge in [-0.25, -0.2) is 4.98 Å². The van der Waals surface area contributed by atoms with Crippen LogP contribution in [-0.2, 0) is 11.2 Å². The van der Waals surface area contributed by atoms with Crippen LogP contribution in [0.1, 0.15) is 51.8 Å². The Balaban J connectivity index is 1.44. The maximum absolute atomic E-state index is 12.2. The molecule has 4 nitrogen and oxygen atoms in total. The van der Waals surface area contributed by atoms with Crippen LogP contribution in [0.5, 0.6) is 0 Å². The van der Waals surface area contributed by atoms with E-state index >= 15 is 0 Å². The molecule has 1 aliphatic carbocycles. The largest absolute Gasteiger partial charge is 0.441 e. The number of aromatic nitrogens is 1. The first-order valence-electron chi connectivity index (χ1n) is 9.43. The van der Waals surface area contributed by atoms with Gasteiger partial charge in [-0.15, -0.1) is 0 Å². The lowest BCUT2D eigenvalue weighted by Gasteiger charge is -2.34. The molecule has 0 radical (unpaired) electrons. The van der Waals surface area contributed by atoms with E-state index in [4.69, 9.17) is 4.42 Å². The Morgan fingerprint density at radius 2 is 2.04 bits per heavy atom. The molecule has 1 amide bonds. The Hall–Kier alpha value is -2.10. The minimum Gasteiger partial charge on any atom is -0.441 e. The highest BCUT2D eigenvalue weighted by Crippen LogP contribution is 2.29. The Bertz CT molecular complexity index is 680. The molecule has 0 bridgehead atoms. The fourth-order valence-electron chi connectivity index (χ4n) is 3.63. The number of carbonyl (C=O) groups is 1. The van der Waals surface area contributed by atoms with Crippen LogP contribution in [0.15, 0.2) is 40.9 Å². The van der Waals surface area contributed by atoms with E-state index in [1.807, 2.05) is 30.3 Å². The van der Waals surface area contributed by atoms with Crippen molar-refractivity contribution in [2.45, 2.75) is 58.4 Å².